The van der Waals surface area contributed by atoms with Gasteiger partial charge in [0.15, 0.2) is 5.65 Å². The van der Waals surface area contributed by atoms with Crippen LogP contribution in [0.1, 0.15) is 25.6 Å². The maximum atomic E-state index is 12.1. The van der Waals surface area contributed by atoms with Gasteiger partial charge in [-0.05, 0) is 32.0 Å². The van der Waals surface area contributed by atoms with Crippen molar-refractivity contribution in [2.24, 2.45) is 0 Å². The maximum absolute atomic E-state index is 12.1. The van der Waals surface area contributed by atoms with Gasteiger partial charge in [0.2, 0.25) is 0 Å². The summed E-state index contributed by atoms with van der Waals surface area (Å²) in [6.45, 7) is 4.52. The van der Waals surface area contributed by atoms with Crippen LogP contribution in [0.4, 0.5) is 0 Å². The summed E-state index contributed by atoms with van der Waals surface area (Å²) >= 11 is 0. The van der Waals surface area contributed by atoms with Crippen molar-refractivity contribution in [2.45, 2.75) is 26.4 Å². The van der Waals surface area contributed by atoms with Gasteiger partial charge < -0.3 is 0 Å². The molecular weight excluding hydrogens is 242 g/mol. The summed E-state index contributed by atoms with van der Waals surface area (Å²) in [5.41, 5.74) is 1.34. The summed E-state index contributed by atoms with van der Waals surface area (Å²) in [7, 11) is 0. The smallest absolute Gasteiger partial charge is 0.270 e. The second-order valence-electron chi connectivity index (χ2n) is 4.75. The summed E-state index contributed by atoms with van der Waals surface area (Å²) in [4.78, 5) is 12.1. The molecule has 0 unspecified atom stereocenters. The lowest BCUT2D eigenvalue weighted by Crippen LogP contribution is -2.21. The van der Waals surface area contributed by atoms with E-state index >= 15 is 0 Å². The number of hydrogen-bond donors (Lipinski definition) is 0. The molecule has 0 saturated heterocycles. The average Bonchev–Trinajstić information content (AvgIpc) is 2.97. The van der Waals surface area contributed by atoms with E-state index in [1.807, 2.05) is 35.1 Å². The highest BCUT2D eigenvalue weighted by Gasteiger charge is 2.08. The van der Waals surface area contributed by atoms with E-state index in [1.54, 1.807) is 6.20 Å². The van der Waals surface area contributed by atoms with E-state index in [4.69, 9.17) is 0 Å². The average molecular weight is 257 g/mol. The molecule has 0 aromatic carbocycles. The van der Waals surface area contributed by atoms with Gasteiger partial charge in [0.25, 0.3) is 0 Å². The van der Waals surface area contributed by atoms with E-state index in [0.717, 1.165) is 5.69 Å². The molecule has 0 fully saturated rings. The van der Waals surface area contributed by atoms with Crippen LogP contribution in [0.25, 0.3) is 5.65 Å². The van der Waals surface area contributed by atoms with Crippen molar-refractivity contribution in [1.82, 2.24) is 24.0 Å². The van der Waals surface area contributed by atoms with Crippen LogP contribution >= 0.6 is 0 Å². The van der Waals surface area contributed by atoms with Gasteiger partial charge in [-0.3, -0.25) is 9.08 Å². The lowest BCUT2D eigenvalue weighted by molar-refractivity contribution is 0.519. The number of hydrogen-bond acceptors (Lipinski definition) is 3. The van der Waals surface area contributed by atoms with Crippen molar-refractivity contribution in [3.05, 3.63) is 52.8 Å². The normalized spacial score (nSPS) is 11.5. The van der Waals surface area contributed by atoms with Crippen molar-refractivity contribution in [3.8, 4) is 0 Å². The summed E-state index contributed by atoms with van der Waals surface area (Å²) in [6, 6.07) is 7.71. The summed E-state index contributed by atoms with van der Waals surface area (Å²) < 4.78 is 4.83. The van der Waals surface area contributed by atoms with E-state index in [-0.39, 0.29) is 5.69 Å². The molecule has 3 aromatic heterocycles. The summed E-state index contributed by atoms with van der Waals surface area (Å²) in [6.07, 6.45) is 3.63. The molecule has 0 aliphatic carbocycles. The monoisotopic (exact) mass is 257 g/mol. The molecule has 3 aromatic rings. The third-order valence-electron chi connectivity index (χ3n) is 2.99. The SMILES string of the molecule is CC(C)n1ccc(Cn2nc3ccccn3c2=O)n1. The van der Waals surface area contributed by atoms with E-state index < -0.39 is 0 Å². The molecular formula is C13H15N5O. The number of nitrogens with zero attached hydrogens (tertiary/aromatic N) is 5. The largest absolute Gasteiger partial charge is 0.350 e. The van der Waals surface area contributed by atoms with Crippen molar-refractivity contribution >= 4 is 5.65 Å². The van der Waals surface area contributed by atoms with Crippen LogP contribution in [0.15, 0.2) is 41.5 Å². The van der Waals surface area contributed by atoms with Crippen LogP contribution in [0.3, 0.4) is 0 Å². The molecule has 0 aliphatic rings. The molecule has 3 heterocycles. The Labute approximate surface area is 109 Å². The Hall–Kier alpha value is -2.37. The molecule has 3 rings (SSSR count). The minimum absolute atomic E-state index is 0.144. The highest BCUT2D eigenvalue weighted by atomic mass is 16.2. The van der Waals surface area contributed by atoms with E-state index in [9.17, 15) is 4.79 Å². The third kappa shape index (κ3) is 2.05. The number of pyridine rings is 1. The predicted molar refractivity (Wildman–Crippen MR) is 71.2 cm³/mol. The van der Waals surface area contributed by atoms with Crippen molar-refractivity contribution in [3.63, 3.8) is 0 Å². The lowest BCUT2D eigenvalue weighted by Gasteiger charge is -2.03. The summed E-state index contributed by atoms with van der Waals surface area (Å²) in [5.74, 6) is 0. The van der Waals surface area contributed by atoms with Crippen LogP contribution in [-0.4, -0.2) is 24.0 Å². The first-order valence-electron chi connectivity index (χ1n) is 6.23. The van der Waals surface area contributed by atoms with E-state index in [0.29, 0.717) is 18.2 Å². The third-order valence-corrected chi connectivity index (χ3v) is 2.99. The molecule has 6 heteroatoms. The van der Waals surface area contributed by atoms with Gasteiger partial charge in [0.05, 0.1) is 12.2 Å². The van der Waals surface area contributed by atoms with Gasteiger partial charge in [-0.1, -0.05) is 6.07 Å². The van der Waals surface area contributed by atoms with Gasteiger partial charge in [0.1, 0.15) is 0 Å². The number of rotatable bonds is 3. The fourth-order valence-electron chi connectivity index (χ4n) is 1.97. The zero-order valence-corrected chi connectivity index (χ0v) is 10.9. The van der Waals surface area contributed by atoms with E-state index in [2.05, 4.69) is 24.0 Å². The van der Waals surface area contributed by atoms with Crippen LogP contribution < -0.4 is 5.69 Å². The quantitative estimate of drug-likeness (QED) is 0.711. The Morgan fingerprint density at radius 3 is 2.68 bits per heavy atom. The first-order chi connectivity index (χ1) is 9.15. The van der Waals surface area contributed by atoms with Gasteiger partial charge in [-0.25, -0.2) is 9.48 Å². The predicted octanol–water partition coefficient (Wildman–Crippen LogP) is 1.32. The van der Waals surface area contributed by atoms with Crippen LogP contribution in [0.5, 0.6) is 0 Å². The fourth-order valence-corrected chi connectivity index (χ4v) is 1.97. The lowest BCUT2D eigenvalue weighted by atomic mass is 10.4. The van der Waals surface area contributed by atoms with Crippen molar-refractivity contribution < 1.29 is 0 Å². The van der Waals surface area contributed by atoms with Crippen LogP contribution in [0, 0.1) is 0 Å². The minimum Gasteiger partial charge on any atom is -0.270 e. The highest BCUT2D eigenvalue weighted by molar-refractivity contribution is 5.35. The first kappa shape index (κ1) is 11.7. The Balaban J connectivity index is 1.96. The maximum Gasteiger partial charge on any atom is 0.350 e. The molecule has 0 atom stereocenters. The topological polar surface area (TPSA) is 57.1 Å². The molecule has 0 saturated carbocycles. The molecule has 0 radical (unpaired) electrons. The Morgan fingerprint density at radius 2 is 2.00 bits per heavy atom. The van der Waals surface area contributed by atoms with Gasteiger partial charge >= 0.3 is 5.69 Å². The van der Waals surface area contributed by atoms with Gasteiger partial charge in [-0.15, -0.1) is 5.10 Å². The number of fused-ring (bicyclic) bond motifs is 1. The second kappa shape index (κ2) is 4.38. The Bertz CT molecular complexity index is 765. The Morgan fingerprint density at radius 1 is 1.16 bits per heavy atom. The molecule has 0 amide bonds. The molecule has 0 bridgehead atoms. The van der Waals surface area contributed by atoms with E-state index in [1.165, 1.54) is 9.08 Å². The second-order valence-corrected chi connectivity index (χ2v) is 4.75. The van der Waals surface area contributed by atoms with Gasteiger partial charge in [0, 0.05) is 18.4 Å². The molecule has 0 N–H and O–H groups in total. The number of aromatic nitrogens is 5. The van der Waals surface area contributed by atoms with Crippen molar-refractivity contribution in [1.29, 1.82) is 0 Å². The molecule has 6 nitrogen and oxygen atoms in total. The summed E-state index contributed by atoms with van der Waals surface area (Å²) in [5, 5.41) is 8.70. The molecule has 19 heavy (non-hydrogen) atoms. The molecule has 98 valence electrons. The Kier molecular flexibility index (Phi) is 2.70. The zero-order valence-electron chi connectivity index (χ0n) is 10.9. The molecule has 0 spiro atoms. The first-order valence-corrected chi connectivity index (χ1v) is 6.23. The molecule has 0 aliphatic heterocycles. The van der Waals surface area contributed by atoms with Crippen molar-refractivity contribution in [2.75, 3.05) is 0 Å². The van der Waals surface area contributed by atoms with Gasteiger partial charge in [-0.2, -0.15) is 5.10 Å². The minimum atomic E-state index is -0.144. The fraction of sp³-hybridized carbons (Fsp3) is 0.308. The van der Waals surface area contributed by atoms with Crippen LogP contribution in [0.2, 0.25) is 0 Å². The zero-order chi connectivity index (χ0) is 13.4. The van der Waals surface area contributed by atoms with Crippen LogP contribution in [-0.2, 0) is 6.54 Å². The highest BCUT2D eigenvalue weighted by Crippen LogP contribution is 2.05. The standard InChI is InChI=1S/C13H15N5O/c1-10(2)17-8-6-11(14-17)9-18-13(19)16-7-4-3-5-12(16)15-18/h3-8,10H,9H2,1-2H3.